The summed E-state index contributed by atoms with van der Waals surface area (Å²) in [5, 5.41) is 38.2. The summed E-state index contributed by atoms with van der Waals surface area (Å²) < 4.78 is 20.6. The Morgan fingerprint density at radius 2 is 1.10 bits per heavy atom. The number of hydrogen-bond donors (Lipinski definition) is 4. The third-order valence-electron chi connectivity index (χ3n) is 13.5. The number of fused-ring (bicyclic) bond motifs is 5. The van der Waals surface area contributed by atoms with Crippen molar-refractivity contribution < 1.29 is 53.4 Å². The number of nitrogens with zero attached hydrogens (tertiary/aromatic N) is 7. The summed E-state index contributed by atoms with van der Waals surface area (Å²) in [7, 11) is 0. The van der Waals surface area contributed by atoms with Crippen molar-refractivity contribution in [2.24, 2.45) is 0 Å². The minimum absolute atomic E-state index is 0.0422. The molecule has 81 heavy (non-hydrogen) atoms. The molecule has 11 rings (SSSR count). The molecule has 3 aromatic heterocycles. The fourth-order valence-electron chi connectivity index (χ4n) is 9.81. The number of nitrogens with one attached hydrogen (secondary N) is 2. The Hall–Kier alpha value is -9.86. The molecule has 418 valence electrons. The molecule has 2 amide bonds. The number of nitro groups is 2. The zero-order valence-electron chi connectivity index (χ0n) is 45.2. The quantitative estimate of drug-likeness (QED) is 0.0772. The van der Waals surface area contributed by atoms with Gasteiger partial charge < -0.3 is 39.0 Å². The van der Waals surface area contributed by atoms with Crippen LogP contribution in [0.5, 0.6) is 5.75 Å². The van der Waals surface area contributed by atoms with E-state index in [1.165, 1.54) is 24.3 Å². The summed E-state index contributed by atoms with van der Waals surface area (Å²) in [6, 6.07) is 34.3. The summed E-state index contributed by atoms with van der Waals surface area (Å²) in [4.78, 5) is 85.9. The van der Waals surface area contributed by atoms with Crippen molar-refractivity contribution in [2.75, 3.05) is 13.1 Å². The van der Waals surface area contributed by atoms with Gasteiger partial charge in [-0.3, -0.25) is 30.0 Å². The third kappa shape index (κ3) is 12.7. The highest BCUT2D eigenvalue weighted by Crippen LogP contribution is 2.46. The lowest BCUT2D eigenvalue weighted by molar-refractivity contribution is -0.385. The van der Waals surface area contributed by atoms with Gasteiger partial charge in [-0.1, -0.05) is 42.5 Å². The molecule has 2 fully saturated rings. The molecule has 8 aromatic rings. The zero-order chi connectivity index (χ0) is 57.9. The topological polar surface area (TPSA) is 291 Å². The summed E-state index contributed by atoms with van der Waals surface area (Å²) >= 11 is 0. The lowest BCUT2D eigenvalue weighted by Gasteiger charge is -2.30. The molecule has 3 aliphatic rings. The maximum atomic E-state index is 13.0. The number of likely N-dealkylation sites (tertiary alicyclic amines) is 2. The number of carboxylic acid groups (broad SMARTS) is 2. The molecule has 22 heteroatoms. The van der Waals surface area contributed by atoms with Crippen molar-refractivity contribution in [3.63, 3.8) is 0 Å². The smallest absolute Gasteiger partial charge is 0.410 e. The molecule has 3 aliphatic heterocycles. The van der Waals surface area contributed by atoms with E-state index in [2.05, 4.69) is 69.1 Å². The summed E-state index contributed by atoms with van der Waals surface area (Å²) in [6.07, 6.45) is 6.10. The maximum absolute atomic E-state index is 13.0. The molecule has 6 heterocycles. The summed E-state index contributed by atoms with van der Waals surface area (Å²) in [5.41, 5.74) is 6.54. The minimum Gasteiger partial charge on any atom is -0.478 e. The second-order valence-electron chi connectivity index (χ2n) is 21.5. The molecule has 0 saturated carbocycles. The number of amides is 2. The van der Waals surface area contributed by atoms with Crippen LogP contribution in [0.15, 0.2) is 134 Å². The van der Waals surface area contributed by atoms with Gasteiger partial charge >= 0.3 is 24.1 Å². The Morgan fingerprint density at radius 3 is 1.56 bits per heavy atom. The van der Waals surface area contributed by atoms with Crippen molar-refractivity contribution in [1.82, 2.24) is 34.3 Å². The first kappa shape index (κ1) is 55.9. The third-order valence-corrected chi connectivity index (χ3v) is 13.5. The van der Waals surface area contributed by atoms with Gasteiger partial charge in [-0.2, -0.15) is 0 Å². The molecule has 22 nitrogen and oxygen atoms in total. The van der Waals surface area contributed by atoms with Gasteiger partial charge in [0.2, 0.25) is 6.23 Å². The Balaban J connectivity index is 0.000000272. The van der Waals surface area contributed by atoms with Gasteiger partial charge in [-0.05, 0) is 122 Å². The number of carbonyl (C=O) groups excluding carboxylic acids is 2. The average Bonchev–Trinajstić information content (AvgIpc) is 4.49. The van der Waals surface area contributed by atoms with Crippen molar-refractivity contribution in [3.8, 4) is 39.5 Å². The maximum Gasteiger partial charge on any atom is 0.410 e. The second kappa shape index (κ2) is 22.8. The molecular formula is C59H59N9O13. The number of ether oxygens (including phenoxy) is 3. The number of aromatic carboxylic acids is 2. The molecule has 3 atom stereocenters. The van der Waals surface area contributed by atoms with Crippen LogP contribution in [-0.2, 0) is 9.47 Å². The Kier molecular flexibility index (Phi) is 15.8. The van der Waals surface area contributed by atoms with Crippen molar-refractivity contribution in [2.45, 2.75) is 96.7 Å². The van der Waals surface area contributed by atoms with Crippen molar-refractivity contribution in [3.05, 3.63) is 182 Å². The molecule has 5 aromatic carbocycles. The van der Waals surface area contributed by atoms with Crippen LogP contribution in [0.1, 0.15) is 123 Å². The van der Waals surface area contributed by atoms with Crippen LogP contribution in [0.2, 0.25) is 0 Å². The number of carboxylic acids is 2. The van der Waals surface area contributed by atoms with Crippen LogP contribution in [0.25, 0.3) is 44.7 Å². The van der Waals surface area contributed by atoms with Crippen LogP contribution in [-0.4, -0.2) is 103 Å². The van der Waals surface area contributed by atoms with E-state index in [4.69, 9.17) is 34.4 Å². The van der Waals surface area contributed by atoms with Crippen LogP contribution >= 0.6 is 0 Å². The molecule has 2 saturated heterocycles. The largest absolute Gasteiger partial charge is 0.478 e. The normalized spacial score (nSPS) is 16.4. The average molecular weight is 1100 g/mol. The second-order valence-corrected chi connectivity index (χ2v) is 21.5. The molecule has 4 N–H and O–H groups in total. The van der Waals surface area contributed by atoms with Gasteiger partial charge in [0.05, 0.1) is 68.0 Å². The number of H-pyrrole nitrogens is 2. The minimum atomic E-state index is -1.09. The number of nitro benzene ring substituents is 2. The number of imidazole rings is 2. The van der Waals surface area contributed by atoms with Crippen LogP contribution in [0.4, 0.5) is 21.0 Å². The molecule has 0 bridgehead atoms. The Labute approximate surface area is 464 Å². The highest BCUT2D eigenvalue weighted by molar-refractivity contribution is 5.93. The number of benzene rings is 5. The number of carbonyl (C=O) groups is 4. The van der Waals surface area contributed by atoms with E-state index in [0.717, 1.165) is 118 Å². The lowest BCUT2D eigenvalue weighted by atomic mass is 10.0. The van der Waals surface area contributed by atoms with Crippen LogP contribution in [0.3, 0.4) is 0 Å². The van der Waals surface area contributed by atoms with E-state index >= 15 is 0 Å². The highest BCUT2D eigenvalue weighted by atomic mass is 16.6. The van der Waals surface area contributed by atoms with Crippen molar-refractivity contribution >= 4 is 46.4 Å². The highest BCUT2D eigenvalue weighted by Gasteiger charge is 2.37. The first-order chi connectivity index (χ1) is 38.5. The van der Waals surface area contributed by atoms with Gasteiger partial charge in [0.25, 0.3) is 11.4 Å². The fourth-order valence-corrected chi connectivity index (χ4v) is 9.81. The van der Waals surface area contributed by atoms with Gasteiger partial charge in [0, 0.05) is 65.0 Å². The number of hydrogen-bond acceptors (Lipinski definition) is 13. The number of aromatic amines is 2. The SMILES string of the molecule is CC(C)(C)OC(=O)N1CCC[C@H]1c1ncc(-c2ccc3c(c2)O[C@@H](c2ccccc2)n2c-3cc3cc(-c4cnc([C@@H]5CCCN5C(=O)OC(C)(C)C)[nH]4)ccc32)[nH]1.O=C(O)c1ccc([N+](=O)[O-])cc1.O=C(O)c1ccc([N+](=O)[O-])cc1. The predicted molar refractivity (Wildman–Crippen MR) is 298 cm³/mol. The van der Waals surface area contributed by atoms with Gasteiger partial charge in [0.15, 0.2) is 0 Å². The predicted octanol–water partition coefficient (Wildman–Crippen LogP) is 12.8. The molecule has 0 radical (unpaired) electrons. The lowest BCUT2D eigenvalue weighted by Crippen LogP contribution is -2.36. The zero-order valence-corrected chi connectivity index (χ0v) is 45.2. The Bertz CT molecular complexity index is 3520. The Morgan fingerprint density at radius 1 is 0.630 bits per heavy atom. The van der Waals surface area contributed by atoms with E-state index in [9.17, 15) is 39.4 Å². The number of non-ortho nitro benzene ring substituents is 2. The van der Waals surface area contributed by atoms with Crippen LogP contribution < -0.4 is 4.74 Å². The van der Waals surface area contributed by atoms with E-state index in [0.29, 0.717) is 13.1 Å². The first-order valence-electron chi connectivity index (χ1n) is 26.1. The van der Waals surface area contributed by atoms with E-state index in [-0.39, 0.29) is 46.8 Å². The van der Waals surface area contributed by atoms with E-state index in [1.807, 2.05) is 72.1 Å². The van der Waals surface area contributed by atoms with E-state index in [1.54, 1.807) is 9.80 Å². The number of aromatic nitrogens is 5. The monoisotopic (exact) mass is 1100 g/mol. The fraction of sp³-hybridized carbons (Fsp3) is 0.288. The van der Waals surface area contributed by atoms with Gasteiger partial charge in [-0.15, -0.1) is 0 Å². The standard InChI is InChI=1S/C45H49N7O5.2C7H5NO4/c1-44(2,3)56-42(53)50-20-10-14-35(50)39-46-25-32(48-39)28-17-19-34-30(22-28)23-37-31-18-16-29(24-38(31)55-41(52(34)37)27-12-8-7-9-13-27)33-26-47-40(49-33)36-15-11-21-51(36)43(54)57-45(4,5)6;2*9-7(10)5-1-3-6(4-2-5)8(11)12/h7-9,12-13,16-19,22-26,35-36,41H,10-11,14-15,20-21H2,1-6H3,(H,46,48)(H,47,49);2*1-4H,(H,9,10)/t35-,36-,41-;;/m0../s1. The van der Waals surface area contributed by atoms with Crippen molar-refractivity contribution in [1.29, 1.82) is 0 Å². The summed E-state index contributed by atoms with van der Waals surface area (Å²) in [6.45, 7) is 12.6. The summed E-state index contributed by atoms with van der Waals surface area (Å²) in [5.74, 6) is 0.0985. The molecule has 0 spiro atoms. The number of rotatable bonds is 9. The van der Waals surface area contributed by atoms with E-state index < -0.39 is 39.2 Å². The van der Waals surface area contributed by atoms with Gasteiger partial charge in [0.1, 0.15) is 28.6 Å². The molecular weight excluding hydrogens is 1040 g/mol. The first-order valence-corrected chi connectivity index (χ1v) is 26.1. The van der Waals surface area contributed by atoms with Gasteiger partial charge in [-0.25, -0.2) is 29.1 Å². The molecule has 0 aliphatic carbocycles. The molecule has 0 unspecified atom stereocenters. The van der Waals surface area contributed by atoms with Crippen LogP contribution in [0, 0.1) is 20.2 Å².